The second kappa shape index (κ2) is 8.01. The third kappa shape index (κ3) is 4.45. The molecular formula is C21H13BrF3N3O2S. The topological polar surface area (TPSA) is 72.8 Å². The van der Waals surface area contributed by atoms with Crippen molar-refractivity contribution in [2.45, 2.75) is 16.8 Å². The Kier molecular flexibility index (Phi) is 5.52. The maximum atomic E-state index is 13.0. The second-order valence-electron chi connectivity index (χ2n) is 6.69. The lowest BCUT2D eigenvalue weighted by molar-refractivity contribution is -0.137. The Labute approximate surface area is 184 Å². The van der Waals surface area contributed by atoms with Gasteiger partial charge in [-0.25, -0.2) is 18.4 Å². The predicted molar refractivity (Wildman–Crippen MR) is 113 cm³/mol. The SMILES string of the molecule is O=S(=O)(Cc1ccncn1)c1ccc2c(-c3ccc(C(F)(F)F)cc3Br)nccc2c1. The van der Waals surface area contributed by atoms with Crippen molar-refractivity contribution in [3.05, 3.63) is 83.0 Å². The van der Waals surface area contributed by atoms with Gasteiger partial charge in [0.05, 0.1) is 27.6 Å². The number of rotatable bonds is 4. The van der Waals surface area contributed by atoms with Gasteiger partial charge in [0.1, 0.15) is 6.33 Å². The first-order valence-electron chi connectivity index (χ1n) is 8.89. The van der Waals surface area contributed by atoms with E-state index in [1.54, 1.807) is 12.1 Å². The molecule has 10 heteroatoms. The number of fused-ring (bicyclic) bond motifs is 1. The van der Waals surface area contributed by atoms with Gasteiger partial charge in [-0.3, -0.25) is 4.98 Å². The van der Waals surface area contributed by atoms with Crippen molar-refractivity contribution in [1.82, 2.24) is 15.0 Å². The van der Waals surface area contributed by atoms with E-state index in [0.717, 1.165) is 12.1 Å². The van der Waals surface area contributed by atoms with Gasteiger partial charge >= 0.3 is 6.18 Å². The Hall–Kier alpha value is -2.85. The van der Waals surface area contributed by atoms with Gasteiger partial charge in [-0.05, 0) is 41.8 Å². The molecule has 0 spiro atoms. The van der Waals surface area contributed by atoms with Crippen LogP contribution in [0.25, 0.3) is 22.0 Å². The number of pyridine rings is 1. The normalized spacial score (nSPS) is 12.3. The molecule has 2 heterocycles. The summed E-state index contributed by atoms with van der Waals surface area (Å²) < 4.78 is 64.7. The molecule has 2 aromatic carbocycles. The molecule has 5 nitrogen and oxygen atoms in total. The molecule has 0 radical (unpaired) electrons. The Morgan fingerprint density at radius 2 is 1.74 bits per heavy atom. The molecule has 0 N–H and O–H groups in total. The molecule has 0 unspecified atom stereocenters. The van der Waals surface area contributed by atoms with Crippen LogP contribution in [0.4, 0.5) is 13.2 Å². The Bertz CT molecular complexity index is 1380. The lowest BCUT2D eigenvalue weighted by Crippen LogP contribution is -2.06. The number of hydrogen-bond acceptors (Lipinski definition) is 5. The summed E-state index contributed by atoms with van der Waals surface area (Å²) in [4.78, 5) is 12.2. The molecule has 158 valence electrons. The van der Waals surface area contributed by atoms with Gasteiger partial charge in [0.15, 0.2) is 9.84 Å². The van der Waals surface area contributed by atoms with E-state index in [4.69, 9.17) is 0 Å². The molecule has 0 bridgehead atoms. The average Bonchev–Trinajstić information content (AvgIpc) is 2.73. The maximum Gasteiger partial charge on any atom is 0.416 e. The number of benzene rings is 2. The van der Waals surface area contributed by atoms with Gasteiger partial charge in [-0.15, -0.1) is 0 Å². The quantitative estimate of drug-likeness (QED) is 0.367. The number of hydrogen-bond donors (Lipinski definition) is 0. The zero-order valence-corrected chi connectivity index (χ0v) is 18.0. The molecule has 4 rings (SSSR count). The molecule has 0 saturated heterocycles. The zero-order valence-electron chi connectivity index (χ0n) is 15.6. The minimum absolute atomic E-state index is 0.113. The number of nitrogens with zero attached hydrogens (tertiary/aromatic N) is 3. The summed E-state index contributed by atoms with van der Waals surface area (Å²) in [6.07, 6.45) is -0.216. The molecule has 0 saturated carbocycles. The molecule has 0 atom stereocenters. The minimum atomic E-state index is -4.46. The molecule has 4 aromatic rings. The van der Waals surface area contributed by atoms with E-state index in [0.29, 0.717) is 27.7 Å². The monoisotopic (exact) mass is 507 g/mol. The third-order valence-electron chi connectivity index (χ3n) is 4.63. The molecule has 0 aliphatic rings. The lowest BCUT2D eigenvalue weighted by Gasteiger charge is -2.12. The summed E-state index contributed by atoms with van der Waals surface area (Å²) in [6.45, 7) is 0. The smallest absolute Gasteiger partial charge is 0.256 e. The largest absolute Gasteiger partial charge is 0.416 e. The highest BCUT2D eigenvalue weighted by atomic mass is 79.9. The average molecular weight is 508 g/mol. The van der Waals surface area contributed by atoms with Gasteiger partial charge in [-0.1, -0.05) is 28.1 Å². The first kappa shape index (κ1) is 21.4. The van der Waals surface area contributed by atoms with Crippen LogP contribution in [-0.4, -0.2) is 23.4 Å². The molecular weight excluding hydrogens is 495 g/mol. The van der Waals surface area contributed by atoms with Gasteiger partial charge < -0.3 is 0 Å². The van der Waals surface area contributed by atoms with E-state index in [1.165, 1.54) is 43.0 Å². The highest BCUT2D eigenvalue weighted by molar-refractivity contribution is 9.10. The van der Waals surface area contributed by atoms with Crippen molar-refractivity contribution in [2.24, 2.45) is 0 Å². The molecule has 2 aromatic heterocycles. The minimum Gasteiger partial charge on any atom is -0.256 e. The van der Waals surface area contributed by atoms with Gasteiger partial charge in [0.25, 0.3) is 0 Å². The molecule has 0 aliphatic heterocycles. The van der Waals surface area contributed by atoms with Crippen LogP contribution in [0.2, 0.25) is 0 Å². The van der Waals surface area contributed by atoms with Crippen molar-refractivity contribution in [1.29, 1.82) is 0 Å². The Morgan fingerprint density at radius 1 is 0.935 bits per heavy atom. The van der Waals surface area contributed by atoms with Crippen molar-refractivity contribution in [3.8, 4) is 11.3 Å². The number of alkyl halides is 3. The molecule has 0 aliphatic carbocycles. The highest BCUT2D eigenvalue weighted by Crippen LogP contribution is 2.37. The van der Waals surface area contributed by atoms with Crippen LogP contribution >= 0.6 is 15.9 Å². The van der Waals surface area contributed by atoms with Crippen LogP contribution in [0.5, 0.6) is 0 Å². The second-order valence-corrected chi connectivity index (χ2v) is 9.54. The predicted octanol–water partition coefficient (Wildman–Crippen LogP) is 5.45. The van der Waals surface area contributed by atoms with E-state index < -0.39 is 21.6 Å². The van der Waals surface area contributed by atoms with Crippen LogP contribution in [0, 0.1) is 0 Å². The van der Waals surface area contributed by atoms with E-state index in [9.17, 15) is 21.6 Å². The molecule has 31 heavy (non-hydrogen) atoms. The molecule has 0 amide bonds. The van der Waals surface area contributed by atoms with Crippen LogP contribution < -0.4 is 0 Å². The van der Waals surface area contributed by atoms with Crippen molar-refractivity contribution in [2.75, 3.05) is 0 Å². The standard InChI is InChI=1S/C21H13BrF3N3O2S/c22-19-10-14(21(23,24)25)1-3-18(19)20-17-4-2-16(9-13(17)5-8-27-20)31(29,30)11-15-6-7-26-12-28-15/h1-10,12H,11H2. The summed E-state index contributed by atoms with van der Waals surface area (Å²) in [5.41, 5.74) is 0.508. The zero-order chi connectivity index (χ0) is 22.2. The fraction of sp³-hybridized carbons (Fsp3) is 0.0952. The van der Waals surface area contributed by atoms with Crippen LogP contribution in [-0.2, 0) is 21.8 Å². The van der Waals surface area contributed by atoms with E-state index in [1.807, 2.05) is 0 Å². The summed E-state index contributed by atoms with van der Waals surface area (Å²) in [5.74, 6) is -0.274. The summed E-state index contributed by atoms with van der Waals surface area (Å²) in [7, 11) is -3.66. The number of sulfone groups is 1. The first-order chi connectivity index (χ1) is 14.6. The fourth-order valence-electron chi connectivity index (χ4n) is 3.13. The van der Waals surface area contributed by atoms with E-state index in [2.05, 4.69) is 30.9 Å². The third-order valence-corrected chi connectivity index (χ3v) is 6.93. The first-order valence-corrected chi connectivity index (χ1v) is 11.3. The van der Waals surface area contributed by atoms with Gasteiger partial charge in [-0.2, -0.15) is 13.2 Å². The van der Waals surface area contributed by atoms with Crippen molar-refractivity contribution < 1.29 is 21.6 Å². The van der Waals surface area contributed by atoms with E-state index in [-0.39, 0.29) is 15.1 Å². The maximum absolute atomic E-state index is 13.0. The van der Waals surface area contributed by atoms with Crippen molar-refractivity contribution in [3.63, 3.8) is 0 Å². The Morgan fingerprint density at radius 3 is 2.42 bits per heavy atom. The number of aromatic nitrogens is 3. The Balaban J connectivity index is 1.76. The van der Waals surface area contributed by atoms with Crippen LogP contribution in [0.1, 0.15) is 11.3 Å². The summed E-state index contributed by atoms with van der Waals surface area (Å²) in [5, 5.41) is 1.21. The highest BCUT2D eigenvalue weighted by Gasteiger charge is 2.31. The summed E-state index contributed by atoms with van der Waals surface area (Å²) >= 11 is 3.20. The number of halogens is 4. The van der Waals surface area contributed by atoms with Crippen LogP contribution in [0.15, 0.2) is 76.6 Å². The van der Waals surface area contributed by atoms with Gasteiger partial charge in [0.2, 0.25) is 0 Å². The van der Waals surface area contributed by atoms with Gasteiger partial charge in [0, 0.05) is 27.8 Å². The summed E-state index contributed by atoms with van der Waals surface area (Å²) in [6, 6.07) is 11.1. The molecule has 0 fully saturated rings. The van der Waals surface area contributed by atoms with Crippen LogP contribution in [0.3, 0.4) is 0 Å². The van der Waals surface area contributed by atoms with E-state index >= 15 is 0 Å². The lowest BCUT2D eigenvalue weighted by atomic mass is 10.0. The fourth-order valence-corrected chi connectivity index (χ4v) is 5.00. The van der Waals surface area contributed by atoms with Crippen molar-refractivity contribution >= 4 is 36.5 Å².